The number of rotatable bonds is 4. The molecule has 1 saturated heterocycles. The van der Waals surface area contributed by atoms with Crippen molar-refractivity contribution in [1.29, 1.82) is 0 Å². The van der Waals surface area contributed by atoms with Crippen molar-refractivity contribution in [2.75, 3.05) is 33.0 Å². The second kappa shape index (κ2) is 5.93. The molecule has 0 aromatic heterocycles. The summed E-state index contributed by atoms with van der Waals surface area (Å²) in [5, 5.41) is 0. The van der Waals surface area contributed by atoms with E-state index in [4.69, 9.17) is 15.2 Å². The number of nitrogens with two attached hydrogens (primary N) is 1. The number of carbonyl (C=O) groups is 1. The van der Waals surface area contributed by atoms with Crippen molar-refractivity contribution in [3.8, 4) is 5.75 Å². The first kappa shape index (κ1) is 13.7. The van der Waals surface area contributed by atoms with E-state index in [9.17, 15) is 4.79 Å². The van der Waals surface area contributed by atoms with Crippen LogP contribution in [0.15, 0.2) is 18.2 Å². The number of benzene rings is 1. The fourth-order valence-electron chi connectivity index (χ4n) is 2.27. The molecule has 1 fully saturated rings. The zero-order valence-electron chi connectivity index (χ0n) is 11.4. The highest BCUT2D eigenvalue weighted by Gasteiger charge is 2.22. The third kappa shape index (κ3) is 3.17. The van der Waals surface area contributed by atoms with Crippen LogP contribution in [-0.2, 0) is 4.74 Å². The molecule has 1 aromatic rings. The summed E-state index contributed by atoms with van der Waals surface area (Å²) in [6.45, 7) is 1.39. The van der Waals surface area contributed by atoms with Crippen LogP contribution in [0.1, 0.15) is 23.2 Å². The lowest BCUT2D eigenvalue weighted by atomic mass is 10.1. The van der Waals surface area contributed by atoms with Crippen molar-refractivity contribution in [2.45, 2.75) is 18.9 Å². The first-order valence-electron chi connectivity index (χ1n) is 6.42. The number of carbonyl (C=O) groups excluding carboxylic acids is 1. The molecular weight excluding hydrogens is 244 g/mol. The van der Waals surface area contributed by atoms with E-state index >= 15 is 0 Å². The Morgan fingerprint density at radius 2 is 2.37 bits per heavy atom. The Morgan fingerprint density at radius 1 is 1.58 bits per heavy atom. The van der Waals surface area contributed by atoms with Gasteiger partial charge in [-0.2, -0.15) is 0 Å². The molecule has 1 amide bonds. The number of hydrogen-bond acceptors (Lipinski definition) is 4. The first-order valence-corrected chi connectivity index (χ1v) is 6.42. The fourth-order valence-corrected chi connectivity index (χ4v) is 2.27. The number of nitrogen functional groups attached to an aromatic ring is 1. The normalized spacial score (nSPS) is 18.3. The lowest BCUT2D eigenvalue weighted by molar-refractivity contribution is 0.0584. The van der Waals surface area contributed by atoms with Crippen molar-refractivity contribution in [1.82, 2.24) is 4.90 Å². The molecule has 5 nitrogen and oxygen atoms in total. The number of likely N-dealkylation sites (N-methyl/N-ethyl adjacent to an activating group) is 1. The summed E-state index contributed by atoms with van der Waals surface area (Å²) in [6, 6.07) is 5.06. The molecule has 0 bridgehead atoms. The van der Waals surface area contributed by atoms with E-state index in [0.29, 0.717) is 23.5 Å². The van der Waals surface area contributed by atoms with Gasteiger partial charge >= 0.3 is 0 Å². The van der Waals surface area contributed by atoms with Gasteiger partial charge in [0.1, 0.15) is 5.75 Å². The minimum absolute atomic E-state index is 0.0765. The van der Waals surface area contributed by atoms with Crippen molar-refractivity contribution >= 4 is 11.6 Å². The van der Waals surface area contributed by atoms with Gasteiger partial charge in [-0.05, 0) is 25.0 Å². The SMILES string of the molecule is COc1cc(N)ccc1C(=O)N(C)CC1CCCO1. The zero-order valence-corrected chi connectivity index (χ0v) is 11.4. The Kier molecular flexibility index (Phi) is 4.27. The zero-order chi connectivity index (χ0) is 13.8. The monoisotopic (exact) mass is 264 g/mol. The van der Waals surface area contributed by atoms with Crippen LogP contribution in [0.5, 0.6) is 5.75 Å². The predicted octanol–water partition coefficient (Wildman–Crippen LogP) is 1.53. The van der Waals surface area contributed by atoms with Crippen LogP contribution in [0.25, 0.3) is 0 Å². The number of ether oxygens (including phenoxy) is 2. The minimum Gasteiger partial charge on any atom is -0.496 e. The summed E-state index contributed by atoms with van der Waals surface area (Å²) in [4.78, 5) is 14.0. The smallest absolute Gasteiger partial charge is 0.257 e. The summed E-state index contributed by atoms with van der Waals surface area (Å²) in [6.07, 6.45) is 2.22. The van der Waals surface area contributed by atoms with E-state index in [1.807, 2.05) is 0 Å². The molecule has 5 heteroatoms. The van der Waals surface area contributed by atoms with E-state index in [0.717, 1.165) is 19.4 Å². The summed E-state index contributed by atoms with van der Waals surface area (Å²) < 4.78 is 10.7. The maximum atomic E-state index is 12.4. The van der Waals surface area contributed by atoms with Crippen molar-refractivity contribution in [3.63, 3.8) is 0 Å². The summed E-state index contributed by atoms with van der Waals surface area (Å²) >= 11 is 0. The van der Waals surface area contributed by atoms with Gasteiger partial charge in [-0.15, -0.1) is 0 Å². The highest BCUT2D eigenvalue weighted by atomic mass is 16.5. The molecule has 0 radical (unpaired) electrons. The predicted molar refractivity (Wildman–Crippen MR) is 73.3 cm³/mol. The molecule has 1 heterocycles. The van der Waals surface area contributed by atoms with Gasteiger partial charge in [0, 0.05) is 32.0 Å². The second-order valence-electron chi connectivity index (χ2n) is 4.78. The molecule has 1 atom stereocenters. The Hall–Kier alpha value is -1.75. The Bertz CT molecular complexity index is 456. The van der Waals surface area contributed by atoms with Gasteiger partial charge in [0.2, 0.25) is 0 Å². The van der Waals surface area contributed by atoms with E-state index < -0.39 is 0 Å². The van der Waals surface area contributed by atoms with Gasteiger partial charge in [0.05, 0.1) is 18.8 Å². The molecule has 2 N–H and O–H groups in total. The molecule has 104 valence electrons. The standard InChI is InChI=1S/C14H20N2O3/c1-16(9-11-4-3-7-19-11)14(17)12-6-5-10(15)8-13(12)18-2/h5-6,8,11H,3-4,7,9,15H2,1-2H3. The van der Waals surface area contributed by atoms with Gasteiger partial charge < -0.3 is 20.1 Å². The van der Waals surface area contributed by atoms with Crippen LogP contribution in [0.2, 0.25) is 0 Å². The van der Waals surface area contributed by atoms with Gasteiger partial charge in [-0.3, -0.25) is 4.79 Å². The molecule has 0 saturated carbocycles. The number of methoxy groups -OCH3 is 1. The van der Waals surface area contributed by atoms with Crippen LogP contribution < -0.4 is 10.5 Å². The molecule has 1 aliphatic heterocycles. The summed E-state index contributed by atoms with van der Waals surface area (Å²) in [7, 11) is 3.31. The molecule has 1 unspecified atom stereocenters. The van der Waals surface area contributed by atoms with Crippen molar-refractivity contribution in [2.24, 2.45) is 0 Å². The average Bonchev–Trinajstić information content (AvgIpc) is 2.90. The van der Waals surface area contributed by atoms with Crippen LogP contribution >= 0.6 is 0 Å². The summed E-state index contributed by atoms with van der Waals surface area (Å²) in [5.41, 5.74) is 6.79. The van der Waals surface area contributed by atoms with E-state index in [2.05, 4.69) is 0 Å². The largest absolute Gasteiger partial charge is 0.496 e. The summed E-state index contributed by atoms with van der Waals surface area (Å²) in [5.74, 6) is 0.427. The topological polar surface area (TPSA) is 64.8 Å². The average molecular weight is 264 g/mol. The van der Waals surface area contributed by atoms with E-state index in [1.54, 1.807) is 30.1 Å². The molecule has 0 spiro atoms. The minimum atomic E-state index is -0.0765. The molecule has 1 aromatic carbocycles. The molecule has 1 aliphatic rings. The van der Waals surface area contributed by atoms with Crippen LogP contribution in [-0.4, -0.2) is 44.2 Å². The Morgan fingerprint density at radius 3 is 3.00 bits per heavy atom. The van der Waals surface area contributed by atoms with Gasteiger partial charge in [-0.25, -0.2) is 0 Å². The van der Waals surface area contributed by atoms with Crippen molar-refractivity contribution < 1.29 is 14.3 Å². The highest BCUT2D eigenvalue weighted by Crippen LogP contribution is 2.23. The van der Waals surface area contributed by atoms with Gasteiger partial charge in [-0.1, -0.05) is 0 Å². The van der Waals surface area contributed by atoms with E-state index in [-0.39, 0.29) is 12.0 Å². The van der Waals surface area contributed by atoms with Crippen molar-refractivity contribution in [3.05, 3.63) is 23.8 Å². The molecule has 2 rings (SSSR count). The lowest BCUT2D eigenvalue weighted by Gasteiger charge is -2.21. The number of anilines is 1. The quantitative estimate of drug-likeness (QED) is 0.838. The molecular formula is C14H20N2O3. The first-order chi connectivity index (χ1) is 9.11. The second-order valence-corrected chi connectivity index (χ2v) is 4.78. The maximum absolute atomic E-state index is 12.4. The fraction of sp³-hybridized carbons (Fsp3) is 0.500. The lowest BCUT2D eigenvalue weighted by Crippen LogP contribution is -2.34. The molecule has 0 aliphatic carbocycles. The van der Waals surface area contributed by atoms with Gasteiger partial charge in [0.15, 0.2) is 0 Å². The Balaban J connectivity index is 2.09. The number of hydrogen-bond donors (Lipinski definition) is 1. The van der Waals surface area contributed by atoms with Crippen LogP contribution in [0.4, 0.5) is 5.69 Å². The third-order valence-electron chi connectivity index (χ3n) is 3.30. The van der Waals surface area contributed by atoms with Crippen LogP contribution in [0, 0.1) is 0 Å². The highest BCUT2D eigenvalue weighted by molar-refractivity contribution is 5.97. The number of amides is 1. The third-order valence-corrected chi connectivity index (χ3v) is 3.30. The van der Waals surface area contributed by atoms with E-state index in [1.165, 1.54) is 7.11 Å². The Labute approximate surface area is 113 Å². The maximum Gasteiger partial charge on any atom is 0.257 e. The van der Waals surface area contributed by atoms with Crippen LogP contribution in [0.3, 0.4) is 0 Å². The number of nitrogens with zero attached hydrogens (tertiary/aromatic N) is 1. The molecule has 19 heavy (non-hydrogen) atoms. The van der Waals surface area contributed by atoms with Gasteiger partial charge in [0.25, 0.3) is 5.91 Å².